The molecule has 0 radical (unpaired) electrons. The predicted molar refractivity (Wildman–Crippen MR) is 123 cm³/mol. The minimum absolute atomic E-state index is 0.199. The molecule has 0 fully saturated rings. The van der Waals surface area contributed by atoms with Crippen molar-refractivity contribution in [3.63, 3.8) is 0 Å². The number of carboxylic acids is 1. The lowest BCUT2D eigenvalue weighted by Gasteiger charge is -2.12. The van der Waals surface area contributed by atoms with Gasteiger partial charge in [-0.05, 0) is 49.5 Å². The van der Waals surface area contributed by atoms with Crippen molar-refractivity contribution in [1.82, 2.24) is 5.06 Å². The van der Waals surface area contributed by atoms with Gasteiger partial charge in [0.1, 0.15) is 5.75 Å². The summed E-state index contributed by atoms with van der Waals surface area (Å²) in [6.07, 6.45) is 14.9. The molecule has 0 aromatic heterocycles. The van der Waals surface area contributed by atoms with E-state index in [1.807, 2.05) is 24.3 Å². The minimum Gasteiger partial charge on any atom is -0.494 e. The second-order valence-electron chi connectivity index (χ2n) is 7.89. The largest absolute Gasteiger partial charge is 0.494 e. The van der Waals surface area contributed by atoms with Gasteiger partial charge in [0.15, 0.2) is 0 Å². The number of nitrogens with zero attached hydrogens (tertiary/aromatic N) is 1. The highest BCUT2D eigenvalue weighted by atomic mass is 16.5. The van der Waals surface area contributed by atoms with Crippen LogP contribution in [-0.4, -0.2) is 40.4 Å². The molecule has 174 valence electrons. The fourth-order valence-electron chi connectivity index (χ4n) is 3.18. The molecule has 6 nitrogen and oxygen atoms in total. The van der Waals surface area contributed by atoms with Gasteiger partial charge in [-0.3, -0.25) is 14.8 Å². The number of unbranched alkanes of at least 4 members (excludes halogenated alkanes) is 9. The zero-order chi connectivity index (χ0) is 22.7. The van der Waals surface area contributed by atoms with Crippen LogP contribution in [0.3, 0.4) is 0 Å². The van der Waals surface area contributed by atoms with Crippen molar-refractivity contribution in [3.05, 3.63) is 35.9 Å². The third-order valence-corrected chi connectivity index (χ3v) is 5.08. The van der Waals surface area contributed by atoms with Crippen molar-refractivity contribution in [1.29, 1.82) is 0 Å². The van der Waals surface area contributed by atoms with Crippen molar-refractivity contribution >= 4 is 18.0 Å². The standard InChI is InChI=1S/C25H39NO5/c1-2-3-4-5-6-7-8-11-20-26(30)24(27)19-16-22-14-17-23(18-15-22)31-21-12-9-10-13-25(28)29/h14-19,30H,2-13,20-21H2,1H3,(H,28,29)/b19-16+. The number of aliphatic carboxylic acids is 1. The summed E-state index contributed by atoms with van der Waals surface area (Å²) in [5, 5.41) is 19.3. The highest BCUT2D eigenvalue weighted by molar-refractivity contribution is 5.90. The highest BCUT2D eigenvalue weighted by Crippen LogP contribution is 2.14. The molecule has 1 aromatic rings. The Morgan fingerprint density at radius 2 is 1.52 bits per heavy atom. The van der Waals surface area contributed by atoms with Gasteiger partial charge in [0.05, 0.1) is 6.61 Å². The summed E-state index contributed by atoms with van der Waals surface area (Å²) in [5.41, 5.74) is 0.850. The van der Waals surface area contributed by atoms with E-state index in [4.69, 9.17) is 9.84 Å². The molecule has 0 aliphatic carbocycles. The second kappa shape index (κ2) is 17.4. The topological polar surface area (TPSA) is 87.1 Å². The SMILES string of the molecule is CCCCCCCCCCN(O)C(=O)/C=C/c1ccc(OCCCCCC(=O)O)cc1. The Bertz CT molecular complexity index is 642. The molecule has 1 rings (SSSR count). The van der Waals surface area contributed by atoms with Crippen molar-refractivity contribution in [2.45, 2.75) is 84.0 Å². The van der Waals surface area contributed by atoms with E-state index < -0.39 is 11.9 Å². The number of ether oxygens (including phenoxy) is 1. The van der Waals surface area contributed by atoms with Gasteiger partial charge in [0.2, 0.25) is 0 Å². The summed E-state index contributed by atoms with van der Waals surface area (Å²) in [7, 11) is 0. The maximum atomic E-state index is 12.0. The summed E-state index contributed by atoms with van der Waals surface area (Å²) in [6.45, 7) is 3.12. The fraction of sp³-hybridized carbons (Fsp3) is 0.600. The molecule has 0 bridgehead atoms. The zero-order valence-corrected chi connectivity index (χ0v) is 18.9. The number of amides is 1. The molecule has 0 unspecified atom stereocenters. The van der Waals surface area contributed by atoms with Crippen LogP contribution in [0.1, 0.15) is 89.5 Å². The van der Waals surface area contributed by atoms with Crippen LogP contribution >= 0.6 is 0 Å². The van der Waals surface area contributed by atoms with Crippen LogP contribution in [0.25, 0.3) is 6.08 Å². The Balaban J connectivity index is 2.19. The number of rotatable bonds is 18. The highest BCUT2D eigenvalue weighted by Gasteiger charge is 2.06. The number of carbonyl (C=O) groups is 2. The summed E-state index contributed by atoms with van der Waals surface area (Å²) in [4.78, 5) is 22.5. The van der Waals surface area contributed by atoms with Crippen LogP contribution in [0.2, 0.25) is 0 Å². The van der Waals surface area contributed by atoms with Crippen LogP contribution in [-0.2, 0) is 9.59 Å². The third-order valence-electron chi connectivity index (χ3n) is 5.08. The lowest BCUT2D eigenvalue weighted by Crippen LogP contribution is -2.26. The van der Waals surface area contributed by atoms with Crippen molar-refractivity contribution in [3.8, 4) is 5.75 Å². The molecule has 0 saturated carbocycles. The summed E-state index contributed by atoms with van der Waals surface area (Å²) < 4.78 is 5.64. The number of carbonyl (C=O) groups excluding carboxylic acids is 1. The molecule has 1 amide bonds. The molecule has 6 heteroatoms. The Hall–Kier alpha value is -2.34. The first-order valence-electron chi connectivity index (χ1n) is 11.7. The van der Waals surface area contributed by atoms with E-state index >= 15 is 0 Å². The van der Waals surface area contributed by atoms with E-state index in [1.165, 1.54) is 38.2 Å². The summed E-state index contributed by atoms with van der Waals surface area (Å²) >= 11 is 0. The quantitative estimate of drug-likeness (QED) is 0.127. The molecule has 0 aliphatic heterocycles. The third kappa shape index (κ3) is 14.3. The van der Waals surface area contributed by atoms with E-state index in [-0.39, 0.29) is 6.42 Å². The van der Waals surface area contributed by atoms with Crippen molar-refractivity contribution in [2.75, 3.05) is 13.2 Å². The first-order valence-corrected chi connectivity index (χ1v) is 11.7. The zero-order valence-electron chi connectivity index (χ0n) is 18.9. The van der Waals surface area contributed by atoms with E-state index in [9.17, 15) is 14.8 Å². The smallest absolute Gasteiger partial charge is 0.303 e. The van der Waals surface area contributed by atoms with E-state index in [0.29, 0.717) is 19.6 Å². The van der Waals surface area contributed by atoms with Gasteiger partial charge >= 0.3 is 5.97 Å². The first kappa shape index (κ1) is 26.7. The normalized spacial score (nSPS) is 11.0. The molecule has 0 spiro atoms. The van der Waals surface area contributed by atoms with Gasteiger partial charge in [0, 0.05) is 19.0 Å². The van der Waals surface area contributed by atoms with Crippen LogP contribution < -0.4 is 4.74 Å². The molecule has 0 aliphatic rings. The average molecular weight is 434 g/mol. The molecule has 0 saturated heterocycles. The van der Waals surface area contributed by atoms with Crippen LogP contribution in [0.15, 0.2) is 30.3 Å². The minimum atomic E-state index is -0.763. The van der Waals surface area contributed by atoms with Crippen LogP contribution in [0.4, 0.5) is 0 Å². The van der Waals surface area contributed by atoms with Gasteiger partial charge in [-0.1, -0.05) is 64.0 Å². The maximum Gasteiger partial charge on any atom is 0.303 e. The van der Waals surface area contributed by atoms with Crippen LogP contribution in [0.5, 0.6) is 5.75 Å². The second-order valence-corrected chi connectivity index (χ2v) is 7.89. The molecule has 1 aromatic carbocycles. The number of hydrogen-bond donors (Lipinski definition) is 2. The average Bonchev–Trinajstić information content (AvgIpc) is 2.76. The van der Waals surface area contributed by atoms with Crippen molar-refractivity contribution < 1.29 is 24.6 Å². The lowest BCUT2D eigenvalue weighted by molar-refractivity contribution is -0.159. The molecular formula is C25H39NO5. The van der Waals surface area contributed by atoms with E-state index in [1.54, 1.807) is 6.08 Å². The Morgan fingerprint density at radius 3 is 2.16 bits per heavy atom. The van der Waals surface area contributed by atoms with Gasteiger partial charge in [0.25, 0.3) is 5.91 Å². The van der Waals surface area contributed by atoms with E-state index in [0.717, 1.165) is 48.5 Å². The number of benzene rings is 1. The first-order chi connectivity index (χ1) is 15.0. The van der Waals surface area contributed by atoms with Gasteiger partial charge in [-0.2, -0.15) is 0 Å². The van der Waals surface area contributed by atoms with Crippen molar-refractivity contribution in [2.24, 2.45) is 0 Å². The number of hydroxylamine groups is 2. The molecule has 31 heavy (non-hydrogen) atoms. The lowest BCUT2D eigenvalue weighted by atomic mass is 10.1. The molecular weight excluding hydrogens is 394 g/mol. The van der Waals surface area contributed by atoms with E-state index in [2.05, 4.69) is 6.92 Å². The Labute approximate surface area is 186 Å². The Morgan fingerprint density at radius 1 is 0.903 bits per heavy atom. The maximum absolute atomic E-state index is 12.0. The predicted octanol–water partition coefficient (Wildman–Crippen LogP) is 6.08. The molecule has 0 heterocycles. The summed E-state index contributed by atoms with van der Waals surface area (Å²) in [6, 6.07) is 7.37. The number of carboxylic acid groups (broad SMARTS) is 1. The van der Waals surface area contributed by atoms with Gasteiger partial charge < -0.3 is 9.84 Å². The fourth-order valence-corrected chi connectivity index (χ4v) is 3.18. The monoisotopic (exact) mass is 433 g/mol. The van der Waals surface area contributed by atoms with Crippen LogP contribution in [0, 0.1) is 0 Å². The summed E-state index contributed by atoms with van der Waals surface area (Å²) in [5.74, 6) is -0.439. The Kier molecular flexibility index (Phi) is 14.9. The molecule has 2 N–H and O–H groups in total. The number of hydrogen-bond acceptors (Lipinski definition) is 4. The van der Waals surface area contributed by atoms with Gasteiger partial charge in [-0.15, -0.1) is 0 Å². The van der Waals surface area contributed by atoms with Gasteiger partial charge in [-0.25, -0.2) is 5.06 Å². The molecule has 0 atom stereocenters.